The Morgan fingerprint density at radius 1 is 1.30 bits per heavy atom. The number of nitrogens with zero attached hydrogens (tertiary/aromatic N) is 1. The van der Waals surface area contributed by atoms with Gasteiger partial charge in [0.05, 0.1) is 4.91 Å². The van der Waals surface area contributed by atoms with E-state index in [-0.39, 0.29) is 5.91 Å². The topological polar surface area (TPSA) is 29.5 Å². The molecule has 120 valence electrons. The maximum absolute atomic E-state index is 12.6. The van der Waals surface area contributed by atoms with Crippen LogP contribution < -0.4 is 4.74 Å². The van der Waals surface area contributed by atoms with E-state index >= 15 is 0 Å². The zero-order valence-electron chi connectivity index (χ0n) is 12.9. The third-order valence-corrected chi connectivity index (χ3v) is 5.39. The highest BCUT2D eigenvalue weighted by Crippen LogP contribution is 2.37. The highest BCUT2D eigenvalue weighted by Gasteiger charge is 2.37. The summed E-state index contributed by atoms with van der Waals surface area (Å²) in [6.07, 6.45) is 8.12. The molecule has 2 aliphatic rings. The van der Waals surface area contributed by atoms with Gasteiger partial charge in [0, 0.05) is 6.04 Å². The number of rotatable bonds is 5. The molecule has 0 N–H and O–H groups in total. The van der Waals surface area contributed by atoms with Crippen LogP contribution in [0.5, 0.6) is 5.75 Å². The summed E-state index contributed by atoms with van der Waals surface area (Å²) in [4.78, 5) is 15.2. The van der Waals surface area contributed by atoms with E-state index in [1.54, 1.807) is 6.08 Å². The minimum atomic E-state index is 0.0545. The van der Waals surface area contributed by atoms with Crippen LogP contribution in [0.2, 0.25) is 0 Å². The van der Waals surface area contributed by atoms with Crippen molar-refractivity contribution >= 4 is 40.3 Å². The zero-order chi connectivity index (χ0) is 16.2. The van der Waals surface area contributed by atoms with Crippen molar-refractivity contribution in [1.82, 2.24) is 4.90 Å². The Hall–Kier alpha value is -1.59. The minimum absolute atomic E-state index is 0.0545. The van der Waals surface area contributed by atoms with E-state index in [0.717, 1.165) is 24.2 Å². The molecule has 1 aromatic rings. The second-order valence-electron chi connectivity index (χ2n) is 5.66. The Bertz CT molecular complexity index is 645. The molecule has 23 heavy (non-hydrogen) atoms. The number of carbonyl (C=O) groups excluding carboxylic acids is 1. The summed E-state index contributed by atoms with van der Waals surface area (Å²) in [6, 6.07) is 7.98. The van der Waals surface area contributed by atoms with Crippen molar-refractivity contribution in [3.8, 4) is 5.75 Å². The van der Waals surface area contributed by atoms with Crippen LogP contribution in [0.15, 0.2) is 41.8 Å². The molecule has 1 amide bonds. The lowest BCUT2D eigenvalue weighted by molar-refractivity contribution is -0.123. The first-order chi connectivity index (χ1) is 11.2. The summed E-state index contributed by atoms with van der Waals surface area (Å²) in [5.74, 6) is 0.847. The second kappa shape index (κ2) is 7.32. The molecule has 1 saturated heterocycles. The standard InChI is InChI=1S/C18H19NO2S2/c1-2-11-21-15-9-7-13(8-10-15)12-16-17(20)19(18(22)23-16)14-5-3-4-6-14/h2,7-10,12,14H,1,3-6,11H2. The van der Waals surface area contributed by atoms with Gasteiger partial charge in [0.2, 0.25) is 0 Å². The summed E-state index contributed by atoms with van der Waals surface area (Å²) < 4.78 is 6.16. The lowest BCUT2D eigenvalue weighted by Crippen LogP contribution is -2.36. The third kappa shape index (κ3) is 3.67. The van der Waals surface area contributed by atoms with Crippen molar-refractivity contribution in [2.45, 2.75) is 31.7 Å². The molecule has 1 saturated carbocycles. The molecule has 0 unspecified atom stereocenters. The lowest BCUT2D eigenvalue weighted by atomic mass is 10.2. The average molecular weight is 345 g/mol. The fraction of sp³-hybridized carbons (Fsp3) is 0.333. The summed E-state index contributed by atoms with van der Waals surface area (Å²) in [6.45, 7) is 4.11. The molecule has 0 atom stereocenters. The first-order valence-electron chi connectivity index (χ1n) is 7.80. The van der Waals surface area contributed by atoms with E-state index in [1.165, 1.54) is 24.6 Å². The molecule has 3 nitrogen and oxygen atoms in total. The van der Waals surface area contributed by atoms with E-state index in [0.29, 0.717) is 21.9 Å². The molecule has 0 spiro atoms. The van der Waals surface area contributed by atoms with Crippen LogP contribution >= 0.6 is 24.0 Å². The third-order valence-electron chi connectivity index (χ3n) is 4.06. The first kappa shape index (κ1) is 16.3. The molecule has 1 aromatic carbocycles. The van der Waals surface area contributed by atoms with Gasteiger partial charge in [-0.15, -0.1) is 0 Å². The number of hydrogen-bond donors (Lipinski definition) is 0. The van der Waals surface area contributed by atoms with Gasteiger partial charge < -0.3 is 4.74 Å². The molecule has 3 rings (SSSR count). The summed E-state index contributed by atoms with van der Waals surface area (Å²) >= 11 is 6.82. The molecule has 0 aromatic heterocycles. The smallest absolute Gasteiger partial charge is 0.266 e. The minimum Gasteiger partial charge on any atom is -0.490 e. The number of carbonyl (C=O) groups is 1. The highest BCUT2D eigenvalue weighted by molar-refractivity contribution is 8.26. The Kier molecular flexibility index (Phi) is 5.18. The van der Waals surface area contributed by atoms with Gasteiger partial charge in [0.15, 0.2) is 0 Å². The van der Waals surface area contributed by atoms with E-state index in [2.05, 4.69) is 6.58 Å². The Morgan fingerprint density at radius 3 is 2.65 bits per heavy atom. The molecule has 0 bridgehead atoms. The molecule has 0 radical (unpaired) electrons. The van der Waals surface area contributed by atoms with E-state index in [1.807, 2.05) is 35.2 Å². The van der Waals surface area contributed by atoms with Crippen molar-refractivity contribution in [2.24, 2.45) is 0 Å². The maximum atomic E-state index is 12.6. The van der Waals surface area contributed by atoms with Gasteiger partial charge in [-0.25, -0.2) is 0 Å². The van der Waals surface area contributed by atoms with Crippen LogP contribution in [0.4, 0.5) is 0 Å². The SMILES string of the molecule is C=CCOc1ccc(C=C2SC(=S)N(C3CCCC3)C2=O)cc1. The molecular formula is C18H19NO2S2. The fourth-order valence-corrected chi connectivity index (χ4v) is 4.32. The van der Waals surface area contributed by atoms with Gasteiger partial charge in [-0.2, -0.15) is 0 Å². The number of amides is 1. The molecule has 1 heterocycles. The van der Waals surface area contributed by atoms with Gasteiger partial charge >= 0.3 is 0 Å². The van der Waals surface area contributed by atoms with Crippen LogP contribution in [-0.2, 0) is 4.79 Å². The van der Waals surface area contributed by atoms with E-state index in [4.69, 9.17) is 17.0 Å². The van der Waals surface area contributed by atoms with E-state index in [9.17, 15) is 4.79 Å². The summed E-state index contributed by atoms with van der Waals surface area (Å²) in [5.41, 5.74) is 0.975. The number of thiocarbonyl (C=S) groups is 1. The second-order valence-corrected chi connectivity index (χ2v) is 7.33. The summed E-state index contributed by atoms with van der Waals surface area (Å²) in [5, 5.41) is 0. The van der Waals surface area contributed by atoms with Crippen molar-refractivity contribution in [1.29, 1.82) is 0 Å². The number of ether oxygens (including phenoxy) is 1. The van der Waals surface area contributed by atoms with Gasteiger partial charge in [-0.05, 0) is 36.6 Å². The number of benzene rings is 1. The van der Waals surface area contributed by atoms with Crippen LogP contribution in [0.25, 0.3) is 6.08 Å². The van der Waals surface area contributed by atoms with Crippen LogP contribution in [-0.4, -0.2) is 27.8 Å². The van der Waals surface area contributed by atoms with Gasteiger partial charge in [0.25, 0.3) is 5.91 Å². The summed E-state index contributed by atoms with van der Waals surface area (Å²) in [7, 11) is 0. The quantitative estimate of drug-likeness (QED) is 0.449. The predicted octanol–water partition coefficient (Wildman–Crippen LogP) is 4.40. The molecule has 1 aliphatic heterocycles. The van der Waals surface area contributed by atoms with Crippen LogP contribution in [0, 0.1) is 0 Å². The van der Waals surface area contributed by atoms with Crippen molar-refractivity contribution in [3.05, 3.63) is 47.4 Å². The van der Waals surface area contributed by atoms with Gasteiger partial charge in [-0.1, -0.05) is 61.6 Å². The lowest BCUT2D eigenvalue weighted by Gasteiger charge is -2.21. The normalized spacial score (nSPS) is 20.5. The highest BCUT2D eigenvalue weighted by atomic mass is 32.2. The maximum Gasteiger partial charge on any atom is 0.266 e. The van der Waals surface area contributed by atoms with Crippen molar-refractivity contribution in [2.75, 3.05) is 6.61 Å². The average Bonchev–Trinajstić information content (AvgIpc) is 3.15. The zero-order valence-corrected chi connectivity index (χ0v) is 14.5. The first-order valence-corrected chi connectivity index (χ1v) is 9.02. The largest absolute Gasteiger partial charge is 0.490 e. The molecule has 5 heteroatoms. The Balaban J connectivity index is 1.73. The molecular weight excluding hydrogens is 326 g/mol. The number of thioether (sulfide) groups is 1. The van der Waals surface area contributed by atoms with Gasteiger partial charge in [-0.3, -0.25) is 9.69 Å². The number of hydrogen-bond acceptors (Lipinski definition) is 4. The Morgan fingerprint density at radius 2 is 2.00 bits per heavy atom. The van der Waals surface area contributed by atoms with Crippen LogP contribution in [0.1, 0.15) is 31.2 Å². The van der Waals surface area contributed by atoms with Crippen LogP contribution in [0.3, 0.4) is 0 Å². The molecule has 2 fully saturated rings. The Labute approximate surface area is 146 Å². The fourth-order valence-electron chi connectivity index (χ4n) is 2.92. The van der Waals surface area contributed by atoms with Gasteiger partial charge in [0.1, 0.15) is 16.7 Å². The predicted molar refractivity (Wildman–Crippen MR) is 99.4 cm³/mol. The molecule has 1 aliphatic carbocycles. The van der Waals surface area contributed by atoms with Crippen molar-refractivity contribution < 1.29 is 9.53 Å². The van der Waals surface area contributed by atoms with E-state index < -0.39 is 0 Å². The van der Waals surface area contributed by atoms with Crippen molar-refractivity contribution in [3.63, 3.8) is 0 Å². The monoisotopic (exact) mass is 345 g/mol.